The number of para-hydroxylation sites is 2. The van der Waals surface area contributed by atoms with Crippen LogP contribution in [0.15, 0.2) is 24.3 Å². The first kappa shape index (κ1) is 12.6. The smallest absolute Gasteiger partial charge is 0.111 e. The second-order valence-corrected chi connectivity index (χ2v) is 5.37. The van der Waals surface area contributed by atoms with Gasteiger partial charge in [-0.15, -0.1) is 0 Å². The van der Waals surface area contributed by atoms with Crippen LogP contribution < -0.4 is 5.73 Å². The molecule has 1 atom stereocenters. The van der Waals surface area contributed by atoms with Crippen LogP contribution in [-0.4, -0.2) is 29.3 Å². The summed E-state index contributed by atoms with van der Waals surface area (Å²) in [5.41, 5.74) is 8.48. The van der Waals surface area contributed by atoms with E-state index in [2.05, 4.69) is 22.8 Å². The van der Waals surface area contributed by atoms with Crippen molar-refractivity contribution >= 4 is 11.0 Å². The van der Waals surface area contributed by atoms with E-state index in [-0.39, 0.29) is 6.04 Å². The van der Waals surface area contributed by atoms with Crippen LogP contribution in [-0.2, 0) is 17.7 Å². The quantitative estimate of drug-likeness (QED) is 0.863. The van der Waals surface area contributed by atoms with Crippen LogP contribution in [0, 0.1) is 5.92 Å². The first-order chi connectivity index (χ1) is 9.29. The van der Waals surface area contributed by atoms with Crippen LogP contribution >= 0.6 is 0 Å². The van der Waals surface area contributed by atoms with Gasteiger partial charge >= 0.3 is 0 Å². The van der Waals surface area contributed by atoms with Crippen LogP contribution in [0.25, 0.3) is 11.0 Å². The Morgan fingerprint density at radius 2 is 2.21 bits per heavy atom. The van der Waals surface area contributed by atoms with Gasteiger partial charge in [0.05, 0.1) is 17.6 Å². The lowest BCUT2D eigenvalue weighted by molar-refractivity contribution is 0.187. The van der Waals surface area contributed by atoms with Crippen molar-refractivity contribution in [3.05, 3.63) is 30.1 Å². The molecule has 0 amide bonds. The minimum atomic E-state index is 0.248. The second-order valence-electron chi connectivity index (χ2n) is 5.37. The van der Waals surface area contributed by atoms with Crippen molar-refractivity contribution in [1.82, 2.24) is 9.55 Å². The molecule has 4 heteroatoms. The van der Waals surface area contributed by atoms with E-state index < -0.39 is 0 Å². The van der Waals surface area contributed by atoms with Crippen LogP contribution in [0.4, 0.5) is 0 Å². The lowest BCUT2D eigenvalue weighted by Crippen LogP contribution is -2.27. The SMILES string of the molecule is COCCn1c(CC(N)C2CC2)nc2ccccc21. The van der Waals surface area contributed by atoms with Crippen LogP contribution in [0.3, 0.4) is 0 Å². The Labute approximate surface area is 113 Å². The highest BCUT2D eigenvalue weighted by molar-refractivity contribution is 5.75. The molecule has 3 rings (SSSR count). The minimum Gasteiger partial charge on any atom is -0.383 e. The number of methoxy groups -OCH3 is 1. The molecule has 1 saturated carbocycles. The van der Waals surface area contributed by atoms with E-state index in [9.17, 15) is 0 Å². The average molecular weight is 259 g/mol. The number of rotatable bonds is 6. The number of aromatic nitrogens is 2. The predicted molar refractivity (Wildman–Crippen MR) is 76.0 cm³/mol. The molecule has 0 radical (unpaired) electrons. The third kappa shape index (κ3) is 2.65. The van der Waals surface area contributed by atoms with Crippen molar-refractivity contribution in [1.29, 1.82) is 0 Å². The zero-order chi connectivity index (χ0) is 13.2. The molecule has 1 unspecified atom stereocenters. The summed E-state index contributed by atoms with van der Waals surface area (Å²) in [5, 5.41) is 0. The molecule has 2 aromatic rings. The Morgan fingerprint density at radius 1 is 1.42 bits per heavy atom. The molecule has 2 N–H and O–H groups in total. The number of benzene rings is 1. The zero-order valence-electron chi connectivity index (χ0n) is 11.4. The van der Waals surface area contributed by atoms with Gasteiger partial charge in [-0.25, -0.2) is 4.98 Å². The Morgan fingerprint density at radius 3 is 2.95 bits per heavy atom. The largest absolute Gasteiger partial charge is 0.383 e. The Bertz CT molecular complexity index is 560. The maximum atomic E-state index is 6.25. The Balaban J connectivity index is 1.91. The predicted octanol–water partition coefficient (Wildman–Crippen LogP) is 1.96. The molecular formula is C15H21N3O. The summed E-state index contributed by atoms with van der Waals surface area (Å²) in [6, 6.07) is 8.51. The van der Waals surface area contributed by atoms with E-state index in [1.54, 1.807) is 7.11 Å². The van der Waals surface area contributed by atoms with Crippen LogP contribution in [0.2, 0.25) is 0 Å². The Kier molecular flexibility index (Phi) is 3.53. The third-order valence-electron chi connectivity index (χ3n) is 3.90. The minimum absolute atomic E-state index is 0.248. The molecule has 1 aliphatic rings. The highest BCUT2D eigenvalue weighted by Gasteiger charge is 2.29. The number of imidazole rings is 1. The van der Waals surface area contributed by atoms with Crippen molar-refractivity contribution in [2.75, 3.05) is 13.7 Å². The average Bonchev–Trinajstić information content (AvgIpc) is 3.20. The van der Waals surface area contributed by atoms with E-state index in [4.69, 9.17) is 15.5 Å². The number of hydrogen-bond donors (Lipinski definition) is 1. The van der Waals surface area contributed by atoms with Gasteiger partial charge in [0, 0.05) is 26.1 Å². The Hall–Kier alpha value is -1.39. The van der Waals surface area contributed by atoms with Gasteiger partial charge in [0.2, 0.25) is 0 Å². The van der Waals surface area contributed by atoms with Gasteiger partial charge in [0.15, 0.2) is 0 Å². The van der Waals surface area contributed by atoms with Crippen molar-refractivity contribution in [3.8, 4) is 0 Å². The summed E-state index contributed by atoms with van der Waals surface area (Å²) in [6.07, 6.45) is 3.42. The van der Waals surface area contributed by atoms with Gasteiger partial charge in [-0.1, -0.05) is 12.1 Å². The van der Waals surface area contributed by atoms with Crippen LogP contribution in [0.5, 0.6) is 0 Å². The highest BCUT2D eigenvalue weighted by atomic mass is 16.5. The number of fused-ring (bicyclic) bond motifs is 1. The molecule has 19 heavy (non-hydrogen) atoms. The maximum absolute atomic E-state index is 6.25. The number of hydrogen-bond acceptors (Lipinski definition) is 3. The number of nitrogens with zero attached hydrogens (tertiary/aromatic N) is 2. The molecule has 1 fully saturated rings. The molecule has 1 aliphatic carbocycles. The molecule has 102 valence electrons. The standard InChI is InChI=1S/C15H21N3O/c1-19-9-8-18-14-5-3-2-4-13(14)17-15(18)10-12(16)11-6-7-11/h2-5,11-12H,6-10,16H2,1H3. The molecule has 0 saturated heterocycles. The fourth-order valence-corrected chi connectivity index (χ4v) is 2.62. The van der Waals surface area contributed by atoms with Crippen molar-refractivity contribution in [2.24, 2.45) is 11.7 Å². The second kappa shape index (κ2) is 5.31. The molecule has 4 nitrogen and oxygen atoms in total. The summed E-state index contributed by atoms with van der Waals surface area (Å²) in [4.78, 5) is 4.74. The van der Waals surface area contributed by atoms with Crippen molar-refractivity contribution < 1.29 is 4.74 Å². The van der Waals surface area contributed by atoms with Crippen molar-refractivity contribution in [3.63, 3.8) is 0 Å². The maximum Gasteiger partial charge on any atom is 0.111 e. The highest BCUT2D eigenvalue weighted by Crippen LogP contribution is 2.33. The summed E-state index contributed by atoms with van der Waals surface area (Å²) >= 11 is 0. The van der Waals surface area contributed by atoms with Gasteiger partial charge in [0.1, 0.15) is 5.82 Å². The molecular weight excluding hydrogens is 238 g/mol. The van der Waals surface area contributed by atoms with Gasteiger partial charge in [-0.3, -0.25) is 0 Å². The number of ether oxygens (including phenoxy) is 1. The molecule has 0 aliphatic heterocycles. The summed E-state index contributed by atoms with van der Waals surface area (Å²) in [5.74, 6) is 1.80. The third-order valence-corrected chi connectivity index (χ3v) is 3.90. The number of nitrogens with two attached hydrogens (primary N) is 1. The topological polar surface area (TPSA) is 53.1 Å². The van der Waals surface area contributed by atoms with E-state index in [0.29, 0.717) is 12.5 Å². The fraction of sp³-hybridized carbons (Fsp3) is 0.533. The summed E-state index contributed by atoms with van der Waals surface area (Å²) in [6.45, 7) is 1.54. The van der Waals surface area contributed by atoms with E-state index in [1.165, 1.54) is 18.4 Å². The fourth-order valence-electron chi connectivity index (χ4n) is 2.62. The van der Waals surface area contributed by atoms with E-state index in [1.807, 2.05) is 6.07 Å². The van der Waals surface area contributed by atoms with E-state index >= 15 is 0 Å². The molecule has 1 aromatic heterocycles. The van der Waals surface area contributed by atoms with Gasteiger partial charge < -0.3 is 15.0 Å². The van der Waals surface area contributed by atoms with Gasteiger partial charge in [-0.2, -0.15) is 0 Å². The van der Waals surface area contributed by atoms with E-state index in [0.717, 1.165) is 24.3 Å². The normalized spacial score (nSPS) is 16.9. The molecule has 1 aromatic carbocycles. The lowest BCUT2D eigenvalue weighted by Gasteiger charge is -2.12. The van der Waals surface area contributed by atoms with Gasteiger partial charge in [-0.05, 0) is 30.9 Å². The first-order valence-electron chi connectivity index (χ1n) is 6.98. The monoisotopic (exact) mass is 259 g/mol. The summed E-state index contributed by atoms with van der Waals surface area (Å²) < 4.78 is 7.46. The molecule has 0 bridgehead atoms. The molecule has 1 heterocycles. The lowest BCUT2D eigenvalue weighted by atomic mass is 10.1. The van der Waals surface area contributed by atoms with Crippen LogP contribution in [0.1, 0.15) is 18.7 Å². The molecule has 0 spiro atoms. The first-order valence-corrected chi connectivity index (χ1v) is 6.98. The van der Waals surface area contributed by atoms with Gasteiger partial charge in [0.25, 0.3) is 0 Å². The van der Waals surface area contributed by atoms with Crippen molar-refractivity contribution in [2.45, 2.75) is 31.8 Å². The zero-order valence-corrected chi connectivity index (χ0v) is 11.4. The summed E-state index contributed by atoms with van der Waals surface area (Å²) in [7, 11) is 1.73.